The number of aromatic nitrogens is 2. The third-order valence-electron chi connectivity index (χ3n) is 5.64. The second kappa shape index (κ2) is 10.5. The molecule has 9 heteroatoms. The van der Waals surface area contributed by atoms with Crippen LogP contribution in [0.5, 0.6) is 11.5 Å². The Hall–Kier alpha value is -2.62. The smallest absolute Gasteiger partial charge is 0.242 e. The van der Waals surface area contributed by atoms with Crippen molar-refractivity contribution in [3.05, 3.63) is 47.8 Å². The van der Waals surface area contributed by atoms with E-state index in [0.717, 1.165) is 48.0 Å². The monoisotopic (exact) mass is 474 g/mol. The Labute approximate surface area is 196 Å². The standard InChI is InChI=1S/C24H34N4O4S/c1-7-27(16-18-10-13-22(32-9-3)23(14-18)31-6)17-24-25-20-15-19(33(29,30)26(4)5)11-12-21(20)28(24)8-2/h10-15H,7-9,16-17H2,1-6H3. The van der Waals surface area contributed by atoms with Gasteiger partial charge in [-0.05, 0) is 56.3 Å². The molecular formula is C24H34N4O4S. The molecule has 0 aliphatic heterocycles. The molecule has 3 rings (SSSR count). The molecule has 0 spiro atoms. The summed E-state index contributed by atoms with van der Waals surface area (Å²) in [5, 5.41) is 0. The Balaban J connectivity index is 1.89. The van der Waals surface area contributed by atoms with Crippen molar-refractivity contribution >= 4 is 21.1 Å². The molecule has 180 valence electrons. The van der Waals surface area contributed by atoms with Gasteiger partial charge in [0.25, 0.3) is 0 Å². The minimum absolute atomic E-state index is 0.251. The van der Waals surface area contributed by atoms with Crippen LogP contribution in [0, 0.1) is 0 Å². The van der Waals surface area contributed by atoms with Crippen molar-refractivity contribution in [3.8, 4) is 11.5 Å². The Morgan fingerprint density at radius 1 is 1.00 bits per heavy atom. The highest BCUT2D eigenvalue weighted by Crippen LogP contribution is 2.29. The number of hydrogen-bond donors (Lipinski definition) is 0. The van der Waals surface area contributed by atoms with E-state index < -0.39 is 10.0 Å². The molecule has 0 fully saturated rings. The highest BCUT2D eigenvalue weighted by atomic mass is 32.2. The van der Waals surface area contributed by atoms with Crippen LogP contribution in [0.1, 0.15) is 32.2 Å². The fraction of sp³-hybridized carbons (Fsp3) is 0.458. The van der Waals surface area contributed by atoms with Gasteiger partial charge in [0.2, 0.25) is 10.0 Å². The lowest BCUT2D eigenvalue weighted by Crippen LogP contribution is -2.24. The van der Waals surface area contributed by atoms with E-state index >= 15 is 0 Å². The molecule has 0 atom stereocenters. The van der Waals surface area contributed by atoms with Gasteiger partial charge in [-0.25, -0.2) is 17.7 Å². The third-order valence-corrected chi connectivity index (χ3v) is 7.45. The van der Waals surface area contributed by atoms with Gasteiger partial charge in [0.15, 0.2) is 11.5 Å². The van der Waals surface area contributed by atoms with E-state index in [2.05, 4.69) is 29.4 Å². The van der Waals surface area contributed by atoms with Gasteiger partial charge in [0.05, 0.1) is 36.2 Å². The summed E-state index contributed by atoms with van der Waals surface area (Å²) in [6.45, 7) is 9.68. The van der Waals surface area contributed by atoms with Crippen molar-refractivity contribution < 1.29 is 17.9 Å². The Kier molecular flexibility index (Phi) is 7.99. The first-order valence-corrected chi connectivity index (χ1v) is 12.6. The van der Waals surface area contributed by atoms with Crippen molar-refractivity contribution in [2.24, 2.45) is 0 Å². The second-order valence-electron chi connectivity index (χ2n) is 7.93. The van der Waals surface area contributed by atoms with Crippen molar-refractivity contribution in [1.29, 1.82) is 0 Å². The fourth-order valence-electron chi connectivity index (χ4n) is 3.83. The van der Waals surface area contributed by atoms with E-state index in [1.165, 1.54) is 18.4 Å². The Bertz CT molecular complexity index is 1200. The number of hydrogen-bond acceptors (Lipinski definition) is 6. The molecule has 2 aromatic carbocycles. The summed E-state index contributed by atoms with van der Waals surface area (Å²) in [6.07, 6.45) is 0. The zero-order valence-corrected chi connectivity index (χ0v) is 21.1. The van der Waals surface area contributed by atoms with Gasteiger partial charge in [0.1, 0.15) is 5.82 Å². The summed E-state index contributed by atoms with van der Waals surface area (Å²) in [7, 11) is 1.20. The SMILES string of the molecule is CCOc1ccc(CN(CC)Cc2nc3cc(S(=O)(=O)N(C)C)ccc3n2CC)cc1OC. The number of imidazole rings is 1. The fourth-order valence-corrected chi connectivity index (χ4v) is 4.75. The van der Waals surface area contributed by atoms with Crippen LogP contribution in [0.2, 0.25) is 0 Å². The van der Waals surface area contributed by atoms with E-state index in [-0.39, 0.29) is 4.90 Å². The minimum atomic E-state index is -3.51. The van der Waals surface area contributed by atoms with Gasteiger partial charge in [-0.3, -0.25) is 4.90 Å². The number of ether oxygens (including phenoxy) is 2. The molecule has 1 heterocycles. The van der Waals surface area contributed by atoms with Crippen molar-refractivity contribution in [2.75, 3.05) is 34.4 Å². The summed E-state index contributed by atoms with van der Waals surface area (Å²) in [5.41, 5.74) is 2.74. The van der Waals surface area contributed by atoms with Crippen LogP contribution >= 0.6 is 0 Å². The predicted octanol–water partition coefficient (Wildman–Crippen LogP) is 3.74. The molecule has 0 saturated heterocycles. The number of aryl methyl sites for hydroxylation is 1. The highest BCUT2D eigenvalue weighted by Gasteiger charge is 2.20. The summed E-state index contributed by atoms with van der Waals surface area (Å²) < 4.78 is 39.6. The summed E-state index contributed by atoms with van der Waals surface area (Å²) in [4.78, 5) is 7.35. The molecule has 0 aliphatic rings. The average molecular weight is 475 g/mol. The summed E-state index contributed by atoms with van der Waals surface area (Å²) in [5.74, 6) is 2.37. The van der Waals surface area contributed by atoms with Crippen LogP contribution in [0.25, 0.3) is 11.0 Å². The number of rotatable bonds is 11. The molecule has 8 nitrogen and oxygen atoms in total. The molecule has 0 bridgehead atoms. The number of methoxy groups -OCH3 is 1. The largest absolute Gasteiger partial charge is 0.493 e. The maximum atomic E-state index is 12.5. The zero-order chi connectivity index (χ0) is 24.2. The van der Waals surface area contributed by atoms with Crippen LogP contribution in [0.3, 0.4) is 0 Å². The molecule has 33 heavy (non-hydrogen) atoms. The van der Waals surface area contributed by atoms with Crippen LogP contribution in [0.15, 0.2) is 41.3 Å². The van der Waals surface area contributed by atoms with Gasteiger partial charge in [-0.15, -0.1) is 0 Å². The van der Waals surface area contributed by atoms with Crippen LogP contribution in [-0.2, 0) is 29.7 Å². The Morgan fingerprint density at radius 3 is 2.36 bits per heavy atom. The molecule has 3 aromatic rings. The van der Waals surface area contributed by atoms with Gasteiger partial charge in [-0.1, -0.05) is 13.0 Å². The quantitative estimate of drug-likeness (QED) is 0.421. The molecule has 1 aromatic heterocycles. The number of fused-ring (bicyclic) bond motifs is 1. The van der Waals surface area contributed by atoms with E-state index in [0.29, 0.717) is 18.7 Å². The van der Waals surface area contributed by atoms with E-state index in [1.807, 2.05) is 25.1 Å². The molecule has 0 N–H and O–H groups in total. The van der Waals surface area contributed by atoms with Crippen LogP contribution in [-0.4, -0.2) is 61.5 Å². The first-order chi connectivity index (χ1) is 15.7. The lowest BCUT2D eigenvalue weighted by Gasteiger charge is -2.21. The first-order valence-electron chi connectivity index (χ1n) is 11.2. The molecule has 0 radical (unpaired) electrons. The lowest BCUT2D eigenvalue weighted by molar-refractivity contribution is 0.260. The molecule has 0 amide bonds. The Morgan fingerprint density at radius 2 is 1.76 bits per heavy atom. The normalized spacial score (nSPS) is 12.1. The zero-order valence-electron chi connectivity index (χ0n) is 20.3. The molecular weight excluding hydrogens is 440 g/mol. The van der Waals surface area contributed by atoms with Gasteiger partial charge in [0, 0.05) is 27.2 Å². The summed E-state index contributed by atoms with van der Waals surface area (Å²) >= 11 is 0. The summed E-state index contributed by atoms with van der Waals surface area (Å²) in [6, 6.07) is 11.2. The maximum absolute atomic E-state index is 12.5. The van der Waals surface area contributed by atoms with Crippen LogP contribution < -0.4 is 9.47 Å². The molecule has 0 saturated carbocycles. The third kappa shape index (κ3) is 5.31. The van der Waals surface area contributed by atoms with Crippen LogP contribution in [0.4, 0.5) is 0 Å². The predicted molar refractivity (Wildman–Crippen MR) is 130 cm³/mol. The first kappa shape index (κ1) is 25.0. The molecule has 0 unspecified atom stereocenters. The maximum Gasteiger partial charge on any atom is 0.242 e. The van der Waals surface area contributed by atoms with Gasteiger partial charge in [-0.2, -0.15) is 0 Å². The number of nitrogens with zero attached hydrogens (tertiary/aromatic N) is 4. The average Bonchev–Trinajstić information content (AvgIpc) is 3.15. The number of sulfonamides is 1. The number of benzene rings is 2. The van der Waals surface area contributed by atoms with E-state index in [9.17, 15) is 8.42 Å². The van der Waals surface area contributed by atoms with Crippen molar-refractivity contribution in [3.63, 3.8) is 0 Å². The van der Waals surface area contributed by atoms with E-state index in [4.69, 9.17) is 14.5 Å². The van der Waals surface area contributed by atoms with Gasteiger partial charge >= 0.3 is 0 Å². The second-order valence-corrected chi connectivity index (χ2v) is 10.1. The van der Waals surface area contributed by atoms with Crippen molar-refractivity contribution in [1.82, 2.24) is 18.8 Å². The van der Waals surface area contributed by atoms with E-state index in [1.54, 1.807) is 19.2 Å². The minimum Gasteiger partial charge on any atom is -0.493 e. The lowest BCUT2D eigenvalue weighted by atomic mass is 10.2. The highest BCUT2D eigenvalue weighted by molar-refractivity contribution is 7.89. The van der Waals surface area contributed by atoms with Gasteiger partial charge < -0.3 is 14.0 Å². The molecule has 0 aliphatic carbocycles. The van der Waals surface area contributed by atoms with Crippen molar-refractivity contribution in [2.45, 2.75) is 45.3 Å². The topological polar surface area (TPSA) is 76.9 Å².